The quantitative estimate of drug-likeness (QED) is 0.888. The van der Waals surface area contributed by atoms with Crippen LogP contribution in [0.25, 0.3) is 0 Å². The number of benzene rings is 1. The summed E-state index contributed by atoms with van der Waals surface area (Å²) in [5, 5.41) is 7.70. The van der Waals surface area contributed by atoms with Crippen molar-refractivity contribution in [3.63, 3.8) is 0 Å². The van der Waals surface area contributed by atoms with E-state index < -0.39 is 0 Å². The van der Waals surface area contributed by atoms with Crippen LogP contribution in [0.4, 0.5) is 0 Å². The number of rotatable bonds is 5. The molecule has 0 aliphatic heterocycles. The molecule has 1 atom stereocenters. The Morgan fingerprint density at radius 2 is 2.12 bits per heavy atom. The third-order valence-corrected chi connectivity index (χ3v) is 2.82. The summed E-state index contributed by atoms with van der Waals surface area (Å²) in [7, 11) is 0. The highest BCUT2D eigenvalue weighted by atomic mass is 35.5. The van der Waals surface area contributed by atoms with Gasteiger partial charge in [0.05, 0.1) is 0 Å². The molecule has 0 radical (unpaired) electrons. The molecule has 2 rings (SSSR count). The van der Waals surface area contributed by atoms with Crippen molar-refractivity contribution < 1.29 is 4.52 Å². The van der Waals surface area contributed by atoms with Crippen LogP contribution < -0.4 is 5.32 Å². The molecule has 5 heteroatoms. The second-order valence-electron chi connectivity index (χ2n) is 3.81. The van der Waals surface area contributed by atoms with Gasteiger partial charge >= 0.3 is 0 Å². The molecule has 2 aromatic rings. The van der Waals surface area contributed by atoms with Gasteiger partial charge in [-0.1, -0.05) is 28.9 Å². The molecular formula is C12H14ClN3O. The first-order valence-electron chi connectivity index (χ1n) is 5.50. The van der Waals surface area contributed by atoms with Crippen LogP contribution in [0, 0.1) is 0 Å². The zero-order chi connectivity index (χ0) is 12.1. The first-order valence-corrected chi connectivity index (χ1v) is 5.88. The lowest BCUT2D eigenvalue weighted by atomic mass is 10.1. The number of nitrogens with one attached hydrogen (secondary N) is 1. The minimum Gasteiger partial charge on any atom is -0.340 e. The van der Waals surface area contributed by atoms with Gasteiger partial charge < -0.3 is 9.84 Å². The Bertz CT molecular complexity index is 441. The molecule has 0 fully saturated rings. The average Bonchev–Trinajstić information content (AvgIpc) is 2.83. The topological polar surface area (TPSA) is 51.0 Å². The summed E-state index contributed by atoms with van der Waals surface area (Å²) >= 11 is 5.84. The van der Waals surface area contributed by atoms with Crippen molar-refractivity contribution in [2.24, 2.45) is 0 Å². The normalized spacial score (nSPS) is 12.6. The van der Waals surface area contributed by atoms with Gasteiger partial charge in [0, 0.05) is 24.0 Å². The van der Waals surface area contributed by atoms with Crippen molar-refractivity contribution in [1.29, 1.82) is 0 Å². The molecule has 0 saturated carbocycles. The maximum absolute atomic E-state index is 5.84. The van der Waals surface area contributed by atoms with Gasteiger partial charge in [-0.2, -0.15) is 4.98 Å². The number of hydrogen-bond donors (Lipinski definition) is 1. The summed E-state index contributed by atoms with van der Waals surface area (Å²) in [6.07, 6.45) is 2.15. The summed E-state index contributed by atoms with van der Waals surface area (Å²) in [5.74, 6) is 0.654. The molecule has 4 nitrogen and oxygen atoms in total. The lowest BCUT2D eigenvalue weighted by molar-refractivity contribution is 0.372. The maximum Gasteiger partial charge on any atom is 0.227 e. The van der Waals surface area contributed by atoms with Gasteiger partial charge in [-0.15, -0.1) is 0 Å². The lowest BCUT2D eigenvalue weighted by Gasteiger charge is -2.13. The van der Waals surface area contributed by atoms with Crippen molar-refractivity contribution in [3.8, 4) is 0 Å². The largest absolute Gasteiger partial charge is 0.340 e. The summed E-state index contributed by atoms with van der Waals surface area (Å²) < 4.78 is 4.92. The highest BCUT2D eigenvalue weighted by molar-refractivity contribution is 6.30. The first-order chi connectivity index (χ1) is 8.25. The molecule has 0 spiro atoms. The third-order valence-electron chi connectivity index (χ3n) is 2.57. The fourth-order valence-corrected chi connectivity index (χ4v) is 1.70. The standard InChI is InChI=1S/C12H14ClN3O/c1-9(10-2-4-11(13)5-3-10)14-7-6-12-15-8-16-17-12/h2-5,8-9,14H,6-7H2,1H3. The second kappa shape index (κ2) is 5.80. The number of hydrogen-bond acceptors (Lipinski definition) is 4. The zero-order valence-electron chi connectivity index (χ0n) is 9.56. The van der Waals surface area contributed by atoms with Crippen molar-refractivity contribution in [2.75, 3.05) is 6.54 Å². The van der Waals surface area contributed by atoms with E-state index in [-0.39, 0.29) is 6.04 Å². The van der Waals surface area contributed by atoms with E-state index in [9.17, 15) is 0 Å². The lowest BCUT2D eigenvalue weighted by Crippen LogP contribution is -2.21. The Balaban J connectivity index is 1.81. The molecule has 0 saturated heterocycles. The fraction of sp³-hybridized carbons (Fsp3) is 0.333. The van der Waals surface area contributed by atoms with Crippen LogP contribution in [0.3, 0.4) is 0 Å². The molecule has 0 amide bonds. The van der Waals surface area contributed by atoms with Crippen LogP contribution in [-0.4, -0.2) is 16.7 Å². The van der Waals surface area contributed by atoms with Crippen molar-refractivity contribution in [1.82, 2.24) is 15.5 Å². The average molecular weight is 252 g/mol. The fourth-order valence-electron chi connectivity index (χ4n) is 1.57. The highest BCUT2D eigenvalue weighted by Gasteiger charge is 2.05. The van der Waals surface area contributed by atoms with Gasteiger partial charge in [-0.3, -0.25) is 0 Å². The van der Waals surface area contributed by atoms with E-state index in [1.807, 2.05) is 24.3 Å². The Hall–Kier alpha value is -1.39. The molecule has 1 heterocycles. The van der Waals surface area contributed by atoms with Crippen LogP contribution >= 0.6 is 11.6 Å². The van der Waals surface area contributed by atoms with E-state index >= 15 is 0 Å². The number of halogens is 1. The van der Waals surface area contributed by atoms with Gasteiger partial charge in [0.2, 0.25) is 5.89 Å². The van der Waals surface area contributed by atoms with Crippen molar-refractivity contribution in [2.45, 2.75) is 19.4 Å². The predicted octanol–water partition coefficient (Wildman–Crippen LogP) is 2.62. The van der Waals surface area contributed by atoms with Crippen LogP contribution in [0.5, 0.6) is 0 Å². The maximum atomic E-state index is 5.84. The van der Waals surface area contributed by atoms with Crippen LogP contribution in [-0.2, 0) is 6.42 Å². The monoisotopic (exact) mass is 251 g/mol. The Kier molecular flexibility index (Phi) is 4.12. The van der Waals surface area contributed by atoms with E-state index in [0.29, 0.717) is 5.89 Å². The minimum atomic E-state index is 0.273. The summed E-state index contributed by atoms with van der Waals surface area (Å²) in [5.41, 5.74) is 1.21. The summed E-state index contributed by atoms with van der Waals surface area (Å²) in [6, 6.07) is 8.11. The third kappa shape index (κ3) is 3.54. The Morgan fingerprint density at radius 3 is 2.76 bits per heavy atom. The minimum absolute atomic E-state index is 0.273. The summed E-state index contributed by atoms with van der Waals surface area (Å²) in [4.78, 5) is 3.96. The number of aromatic nitrogens is 2. The van der Waals surface area contributed by atoms with Crippen LogP contribution in [0.2, 0.25) is 5.02 Å². The molecule has 0 aliphatic carbocycles. The molecule has 1 N–H and O–H groups in total. The van der Waals surface area contributed by atoms with E-state index in [2.05, 4.69) is 22.4 Å². The van der Waals surface area contributed by atoms with Crippen molar-refractivity contribution in [3.05, 3.63) is 47.1 Å². The van der Waals surface area contributed by atoms with E-state index in [0.717, 1.165) is 18.0 Å². The van der Waals surface area contributed by atoms with E-state index in [4.69, 9.17) is 16.1 Å². The SMILES string of the molecule is CC(NCCc1ncno1)c1ccc(Cl)cc1. The van der Waals surface area contributed by atoms with E-state index in [1.165, 1.54) is 11.9 Å². The Morgan fingerprint density at radius 1 is 1.35 bits per heavy atom. The predicted molar refractivity (Wildman–Crippen MR) is 65.9 cm³/mol. The molecule has 0 bridgehead atoms. The van der Waals surface area contributed by atoms with Crippen LogP contribution in [0.1, 0.15) is 24.4 Å². The van der Waals surface area contributed by atoms with E-state index in [1.54, 1.807) is 0 Å². The Labute approximate surface area is 105 Å². The summed E-state index contributed by atoms with van der Waals surface area (Å²) in [6.45, 7) is 2.91. The van der Waals surface area contributed by atoms with Crippen LogP contribution in [0.15, 0.2) is 35.1 Å². The molecule has 1 unspecified atom stereocenters. The second-order valence-corrected chi connectivity index (χ2v) is 4.25. The van der Waals surface area contributed by atoms with Crippen molar-refractivity contribution >= 4 is 11.6 Å². The molecule has 0 aliphatic rings. The molecule has 1 aromatic carbocycles. The first kappa shape index (κ1) is 12.1. The van der Waals surface area contributed by atoms with Gasteiger partial charge in [0.25, 0.3) is 0 Å². The molecule has 1 aromatic heterocycles. The highest BCUT2D eigenvalue weighted by Crippen LogP contribution is 2.15. The molecule has 90 valence electrons. The number of nitrogens with zero attached hydrogens (tertiary/aromatic N) is 2. The van der Waals surface area contributed by atoms with Gasteiger partial charge in [0.1, 0.15) is 0 Å². The van der Waals surface area contributed by atoms with Gasteiger partial charge in [0.15, 0.2) is 6.33 Å². The zero-order valence-corrected chi connectivity index (χ0v) is 10.3. The molecular weight excluding hydrogens is 238 g/mol. The smallest absolute Gasteiger partial charge is 0.227 e. The molecule has 17 heavy (non-hydrogen) atoms. The van der Waals surface area contributed by atoms with Gasteiger partial charge in [-0.05, 0) is 24.6 Å². The van der Waals surface area contributed by atoms with Gasteiger partial charge in [-0.25, -0.2) is 0 Å².